The number of rotatable bonds is 7. The van der Waals surface area contributed by atoms with E-state index >= 15 is 0 Å². The Morgan fingerprint density at radius 3 is 2.73 bits per heavy atom. The van der Waals surface area contributed by atoms with Gasteiger partial charge in [-0.05, 0) is 31.8 Å². The zero-order chi connectivity index (χ0) is 15.9. The molecule has 22 heavy (non-hydrogen) atoms. The molecule has 0 bridgehead atoms. The molecule has 1 saturated heterocycles. The van der Waals surface area contributed by atoms with Crippen LogP contribution in [0, 0.1) is 0 Å². The van der Waals surface area contributed by atoms with E-state index < -0.39 is 0 Å². The van der Waals surface area contributed by atoms with Crippen molar-refractivity contribution >= 4 is 17.2 Å². The van der Waals surface area contributed by atoms with Crippen molar-refractivity contribution in [2.45, 2.75) is 26.0 Å². The van der Waals surface area contributed by atoms with Gasteiger partial charge >= 0.3 is 0 Å². The number of carbonyl (C=O) groups is 1. The monoisotopic (exact) mass is 325 g/mol. The normalized spacial score (nSPS) is 17.9. The van der Waals surface area contributed by atoms with Crippen molar-refractivity contribution in [1.82, 2.24) is 14.7 Å². The smallest absolute Gasteiger partial charge is 0.236 e. The number of hydrogen-bond donors (Lipinski definition) is 1. The molecule has 1 aliphatic rings. The van der Waals surface area contributed by atoms with E-state index in [0.717, 1.165) is 39.3 Å². The topological polar surface area (TPSA) is 47.0 Å². The predicted molar refractivity (Wildman–Crippen MR) is 90.0 cm³/mol. The molecule has 5 nitrogen and oxygen atoms in total. The van der Waals surface area contributed by atoms with Gasteiger partial charge in [0.15, 0.2) is 0 Å². The summed E-state index contributed by atoms with van der Waals surface area (Å²) in [5, 5.41) is 11.4. The zero-order valence-electron chi connectivity index (χ0n) is 13.6. The fourth-order valence-electron chi connectivity index (χ4n) is 2.60. The predicted octanol–water partition coefficient (Wildman–Crippen LogP) is 1.10. The summed E-state index contributed by atoms with van der Waals surface area (Å²) in [6, 6.07) is 4.25. The lowest BCUT2D eigenvalue weighted by atomic mass is 10.2. The third kappa shape index (κ3) is 5.68. The number of nitrogens with zero attached hydrogens (tertiary/aromatic N) is 3. The summed E-state index contributed by atoms with van der Waals surface area (Å²) >= 11 is 1.79. The van der Waals surface area contributed by atoms with Crippen LogP contribution in [0.3, 0.4) is 0 Å². The number of carbonyl (C=O) groups excluding carboxylic acids is 1. The molecule has 6 heteroatoms. The summed E-state index contributed by atoms with van der Waals surface area (Å²) in [5.74, 6) is 0.198. The van der Waals surface area contributed by atoms with Crippen molar-refractivity contribution < 1.29 is 9.90 Å². The van der Waals surface area contributed by atoms with Crippen molar-refractivity contribution in [1.29, 1.82) is 0 Å². The Hall–Kier alpha value is -0.950. The van der Waals surface area contributed by atoms with Crippen LogP contribution in [0.15, 0.2) is 17.5 Å². The molecule has 0 spiro atoms. The highest BCUT2D eigenvalue weighted by Crippen LogP contribution is 2.13. The molecule has 1 amide bonds. The maximum absolute atomic E-state index is 12.3. The molecular formula is C16H27N3O2S. The molecule has 1 aliphatic heterocycles. The summed E-state index contributed by atoms with van der Waals surface area (Å²) in [6.45, 7) is 7.49. The highest BCUT2D eigenvalue weighted by molar-refractivity contribution is 7.09. The Balaban J connectivity index is 1.68. The first-order valence-corrected chi connectivity index (χ1v) is 8.81. The van der Waals surface area contributed by atoms with Gasteiger partial charge in [-0.3, -0.25) is 14.6 Å². The van der Waals surface area contributed by atoms with E-state index in [-0.39, 0.29) is 12.0 Å². The minimum atomic E-state index is -0.307. The average Bonchev–Trinajstić information content (AvgIpc) is 2.99. The first-order valence-electron chi connectivity index (χ1n) is 7.93. The van der Waals surface area contributed by atoms with E-state index in [9.17, 15) is 9.90 Å². The Kier molecular flexibility index (Phi) is 6.82. The van der Waals surface area contributed by atoms with Gasteiger partial charge in [-0.25, -0.2) is 0 Å². The van der Waals surface area contributed by atoms with Crippen LogP contribution in [0.5, 0.6) is 0 Å². The van der Waals surface area contributed by atoms with Gasteiger partial charge in [-0.1, -0.05) is 6.07 Å². The molecule has 2 rings (SSSR count). The van der Waals surface area contributed by atoms with E-state index in [4.69, 9.17) is 0 Å². The Bertz CT molecular complexity index is 442. The van der Waals surface area contributed by atoms with Crippen molar-refractivity contribution in [3.05, 3.63) is 22.4 Å². The molecule has 1 N–H and O–H groups in total. The fourth-order valence-corrected chi connectivity index (χ4v) is 3.34. The van der Waals surface area contributed by atoms with Crippen LogP contribution in [0.2, 0.25) is 0 Å². The number of hydrogen-bond acceptors (Lipinski definition) is 5. The van der Waals surface area contributed by atoms with Gasteiger partial charge in [0.2, 0.25) is 5.91 Å². The maximum Gasteiger partial charge on any atom is 0.236 e. The molecule has 1 unspecified atom stereocenters. The van der Waals surface area contributed by atoms with Crippen LogP contribution in [0.1, 0.15) is 18.2 Å². The van der Waals surface area contributed by atoms with E-state index in [0.29, 0.717) is 13.0 Å². The quantitative estimate of drug-likeness (QED) is 0.815. The van der Waals surface area contributed by atoms with Gasteiger partial charge < -0.3 is 10.0 Å². The average molecular weight is 325 g/mol. The van der Waals surface area contributed by atoms with Gasteiger partial charge in [0.1, 0.15) is 0 Å². The number of likely N-dealkylation sites (N-methyl/N-ethyl adjacent to an activating group) is 1. The second-order valence-corrected chi connectivity index (χ2v) is 7.14. The van der Waals surface area contributed by atoms with E-state index in [1.165, 1.54) is 4.88 Å². The Morgan fingerprint density at radius 1 is 1.41 bits per heavy atom. The summed E-state index contributed by atoms with van der Waals surface area (Å²) in [5.41, 5.74) is 0. The van der Waals surface area contributed by atoms with E-state index in [1.54, 1.807) is 18.3 Å². The first-order chi connectivity index (χ1) is 10.5. The fraction of sp³-hybridized carbons (Fsp3) is 0.688. The van der Waals surface area contributed by atoms with E-state index in [2.05, 4.69) is 22.4 Å². The highest BCUT2D eigenvalue weighted by atomic mass is 32.1. The van der Waals surface area contributed by atoms with Gasteiger partial charge in [0.05, 0.1) is 12.6 Å². The largest absolute Gasteiger partial charge is 0.393 e. The number of aliphatic hydroxyl groups is 1. The van der Waals surface area contributed by atoms with Crippen LogP contribution < -0.4 is 0 Å². The molecule has 0 saturated carbocycles. The highest BCUT2D eigenvalue weighted by Gasteiger charge is 2.22. The zero-order valence-corrected chi connectivity index (χ0v) is 14.4. The molecule has 124 valence electrons. The minimum Gasteiger partial charge on any atom is -0.393 e. The molecule has 0 aliphatic carbocycles. The molecule has 0 radical (unpaired) electrons. The third-order valence-corrected chi connectivity index (χ3v) is 4.88. The molecule has 0 aromatic carbocycles. The second kappa shape index (κ2) is 8.62. The van der Waals surface area contributed by atoms with Crippen LogP contribution >= 0.6 is 11.3 Å². The minimum absolute atomic E-state index is 0.198. The summed E-state index contributed by atoms with van der Waals surface area (Å²) in [6.07, 6.45) is 0.400. The van der Waals surface area contributed by atoms with Crippen molar-refractivity contribution in [2.75, 3.05) is 46.3 Å². The molecule has 1 aromatic heterocycles. The van der Waals surface area contributed by atoms with Crippen LogP contribution in [0.4, 0.5) is 0 Å². The van der Waals surface area contributed by atoms with Gasteiger partial charge in [-0.2, -0.15) is 0 Å². The van der Waals surface area contributed by atoms with Crippen LogP contribution in [0.25, 0.3) is 0 Å². The second-order valence-electron chi connectivity index (χ2n) is 6.11. The Labute approximate surface area is 137 Å². The van der Waals surface area contributed by atoms with Crippen molar-refractivity contribution in [3.63, 3.8) is 0 Å². The van der Waals surface area contributed by atoms with Gasteiger partial charge in [0, 0.05) is 44.1 Å². The molecule has 1 aromatic rings. The first kappa shape index (κ1) is 17.4. The lowest BCUT2D eigenvalue weighted by Crippen LogP contribution is -2.50. The lowest BCUT2D eigenvalue weighted by molar-refractivity contribution is -0.134. The summed E-state index contributed by atoms with van der Waals surface area (Å²) in [7, 11) is 1.94. The maximum atomic E-state index is 12.3. The number of piperazine rings is 1. The third-order valence-electron chi connectivity index (χ3n) is 4.02. The number of amides is 1. The summed E-state index contributed by atoms with van der Waals surface area (Å²) in [4.78, 5) is 20.0. The number of thiophene rings is 1. The van der Waals surface area contributed by atoms with Crippen LogP contribution in [-0.4, -0.2) is 78.1 Å². The van der Waals surface area contributed by atoms with Gasteiger partial charge in [-0.15, -0.1) is 11.3 Å². The standard InChI is InChI=1S/C16H27N3O2S/c1-14(20)5-6-17(2)13-16(21)19-9-7-18(8-10-19)12-15-4-3-11-22-15/h3-4,11,14,20H,5-10,12-13H2,1-2H3. The van der Waals surface area contributed by atoms with Crippen molar-refractivity contribution in [2.24, 2.45) is 0 Å². The summed E-state index contributed by atoms with van der Waals surface area (Å²) < 4.78 is 0. The van der Waals surface area contributed by atoms with E-state index in [1.807, 2.05) is 16.8 Å². The Morgan fingerprint density at radius 2 is 2.14 bits per heavy atom. The van der Waals surface area contributed by atoms with Gasteiger partial charge in [0.25, 0.3) is 0 Å². The van der Waals surface area contributed by atoms with Crippen molar-refractivity contribution in [3.8, 4) is 0 Å². The molecular weight excluding hydrogens is 298 g/mol. The molecule has 2 heterocycles. The SMILES string of the molecule is CC(O)CCN(C)CC(=O)N1CCN(Cc2cccs2)CC1. The van der Waals surface area contributed by atoms with Crippen LogP contribution in [-0.2, 0) is 11.3 Å². The molecule has 1 fully saturated rings. The lowest BCUT2D eigenvalue weighted by Gasteiger charge is -2.35. The molecule has 1 atom stereocenters. The number of aliphatic hydroxyl groups excluding tert-OH is 1.